The minimum absolute atomic E-state index is 0.178. The van der Waals surface area contributed by atoms with Crippen molar-refractivity contribution in [2.75, 3.05) is 0 Å². The first-order chi connectivity index (χ1) is 15.4. The van der Waals surface area contributed by atoms with Crippen LogP contribution in [0.4, 0.5) is 0 Å². The van der Waals surface area contributed by atoms with Crippen molar-refractivity contribution in [1.29, 1.82) is 0 Å². The minimum atomic E-state index is 0.178. The highest BCUT2D eigenvalue weighted by Crippen LogP contribution is 2.51. The van der Waals surface area contributed by atoms with Gasteiger partial charge in [-0.3, -0.25) is 0 Å². The van der Waals surface area contributed by atoms with Gasteiger partial charge < -0.3 is 0 Å². The smallest absolute Gasteiger partial charge is 0.0358 e. The third-order valence-electron chi connectivity index (χ3n) is 6.36. The van der Waals surface area contributed by atoms with Crippen LogP contribution in [0.2, 0.25) is 0 Å². The van der Waals surface area contributed by atoms with Crippen molar-refractivity contribution in [3.63, 3.8) is 0 Å². The van der Waals surface area contributed by atoms with Gasteiger partial charge in [-0.15, -0.1) is 0 Å². The van der Waals surface area contributed by atoms with Gasteiger partial charge in [0.2, 0.25) is 0 Å². The zero-order valence-electron chi connectivity index (χ0n) is 17.2. The van der Waals surface area contributed by atoms with Gasteiger partial charge in [-0.25, -0.2) is 0 Å². The van der Waals surface area contributed by atoms with E-state index in [1.165, 1.54) is 49.7 Å². The van der Waals surface area contributed by atoms with Crippen LogP contribution in [0.1, 0.15) is 33.7 Å². The number of benzene rings is 5. The van der Waals surface area contributed by atoms with Crippen molar-refractivity contribution in [2.24, 2.45) is 0 Å². The van der Waals surface area contributed by atoms with E-state index in [4.69, 9.17) is 0 Å². The average Bonchev–Trinajstić information content (AvgIpc) is 2.86. The van der Waals surface area contributed by atoms with Gasteiger partial charge in [-0.2, -0.15) is 0 Å². The molecule has 0 saturated heterocycles. The Kier molecular flexibility index (Phi) is 4.28. The van der Waals surface area contributed by atoms with Crippen molar-refractivity contribution in [3.8, 4) is 0 Å². The molecule has 6 rings (SSSR count). The van der Waals surface area contributed by atoms with Crippen LogP contribution in [0.15, 0.2) is 127 Å². The molecule has 1 aliphatic rings. The third-order valence-corrected chi connectivity index (χ3v) is 6.36. The molecule has 0 heterocycles. The molecule has 31 heavy (non-hydrogen) atoms. The predicted octanol–water partition coefficient (Wildman–Crippen LogP) is 7.94. The fourth-order valence-corrected chi connectivity index (χ4v) is 5.10. The quantitative estimate of drug-likeness (QED) is 0.291. The Hall–Kier alpha value is -3.90. The molecule has 1 atom stereocenters. The normalized spacial score (nSPS) is 15.3. The summed E-state index contributed by atoms with van der Waals surface area (Å²) < 4.78 is 0. The van der Waals surface area contributed by atoms with Gasteiger partial charge in [0.05, 0.1) is 0 Å². The maximum Gasteiger partial charge on any atom is 0.0358 e. The molecule has 1 unspecified atom stereocenters. The van der Waals surface area contributed by atoms with E-state index < -0.39 is 0 Å². The van der Waals surface area contributed by atoms with Crippen molar-refractivity contribution in [2.45, 2.75) is 5.92 Å². The number of hydrogen-bond acceptors (Lipinski definition) is 0. The number of rotatable bonds is 3. The summed E-state index contributed by atoms with van der Waals surface area (Å²) in [7, 11) is 0. The lowest BCUT2D eigenvalue weighted by Gasteiger charge is -2.32. The van der Waals surface area contributed by atoms with Crippen LogP contribution < -0.4 is 0 Å². The van der Waals surface area contributed by atoms with E-state index in [9.17, 15) is 0 Å². The molecule has 0 aliphatic heterocycles. The Labute approximate surface area is 183 Å². The maximum absolute atomic E-state index is 2.31. The fraction of sp³-hybridized carbons (Fsp3) is 0.0323. The van der Waals surface area contributed by atoms with Crippen LogP contribution in [0.25, 0.3) is 21.9 Å². The van der Waals surface area contributed by atoms with E-state index in [0.717, 1.165) is 0 Å². The first-order valence-electron chi connectivity index (χ1n) is 10.8. The second kappa shape index (κ2) is 7.41. The highest BCUT2D eigenvalue weighted by Gasteiger charge is 2.31. The van der Waals surface area contributed by atoms with Gasteiger partial charge in [0, 0.05) is 5.92 Å². The molecule has 0 saturated carbocycles. The Morgan fingerprint density at radius 2 is 1.03 bits per heavy atom. The van der Waals surface area contributed by atoms with Gasteiger partial charge >= 0.3 is 0 Å². The van der Waals surface area contributed by atoms with Crippen molar-refractivity contribution < 1.29 is 0 Å². The second-order valence-electron chi connectivity index (χ2n) is 8.12. The second-order valence-corrected chi connectivity index (χ2v) is 8.12. The van der Waals surface area contributed by atoms with Crippen LogP contribution in [-0.2, 0) is 0 Å². The molecule has 0 radical (unpaired) electrons. The fourth-order valence-electron chi connectivity index (χ4n) is 5.10. The molecule has 0 aromatic heterocycles. The maximum atomic E-state index is 2.31. The minimum Gasteiger partial charge on any atom is -0.0622 e. The highest BCUT2D eigenvalue weighted by molar-refractivity contribution is 6.13. The predicted molar refractivity (Wildman–Crippen MR) is 131 cm³/mol. The van der Waals surface area contributed by atoms with E-state index in [-0.39, 0.29) is 5.92 Å². The van der Waals surface area contributed by atoms with Crippen LogP contribution in [0.3, 0.4) is 0 Å². The van der Waals surface area contributed by atoms with Crippen LogP contribution >= 0.6 is 0 Å². The zero-order chi connectivity index (χ0) is 20.6. The van der Waals surface area contributed by atoms with E-state index in [0.29, 0.717) is 0 Å². The first kappa shape index (κ1) is 17.9. The van der Waals surface area contributed by atoms with E-state index in [1.807, 2.05) is 0 Å². The van der Waals surface area contributed by atoms with Gasteiger partial charge in [-0.05, 0) is 49.7 Å². The van der Waals surface area contributed by atoms with E-state index >= 15 is 0 Å². The van der Waals surface area contributed by atoms with Gasteiger partial charge in [0.1, 0.15) is 0 Å². The van der Waals surface area contributed by atoms with Crippen molar-refractivity contribution >= 4 is 21.9 Å². The van der Waals surface area contributed by atoms with Gasteiger partial charge in [0.25, 0.3) is 0 Å². The summed E-state index contributed by atoms with van der Waals surface area (Å²) in [5.74, 6) is 0.178. The number of allylic oxidation sites excluding steroid dienone is 1. The molecule has 0 amide bonds. The lowest BCUT2D eigenvalue weighted by Crippen LogP contribution is -2.13. The molecule has 0 heteroatoms. The number of hydrogen-bond donors (Lipinski definition) is 0. The Balaban J connectivity index is 1.81. The summed E-state index contributed by atoms with van der Waals surface area (Å²) in [5.41, 5.74) is 9.31. The summed E-state index contributed by atoms with van der Waals surface area (Å²) in [6.07, 6.45) is 0. The molecule has 0 fully saturated rings. The highest BCUT2D eigenvalue weighted by atomic mass is 14.3. The molecule has 146 valence electrons. The summed E-state index contributed by atoms with van der Waals surface area (Å²) >= 11 is 0. The Morgan fingerprint density at radius 1 is 0.452 bits per heavy atom. The molecule has 0 spiro atoms. The molecular formula is C31H22. The molecule has 0 bridgehead atoms. The van der Waals surface area contributed by atoms with Crippen molar-refractivity contribution in [3.05, 3.63) is 155 Å². The largest absolute Gasteiger partial charge is 0.0622 e. The van der Waals surface area contributed by atoms with Gasteiger partial charge in [-0.1, -0.05) is 127 Å². The summed E-state index contributed by atoms with van der Waals surface area (Å²) in [5, 5.41) is 2.67. The molecule has 0 N–H and O–H groups in total. The molecule has 5 aromatic carbocycles. The van der Waals surface area contributed by atoms with Crippen LogP contribution in [0, 0.1) is 0 Å². The molecule has 5 aromatic rings. The molecular weight excluding hydrogens is 372 g/mol. The zero-order valence-corrected chi connectivity index (χ0v) is 17.2. The summed E-state index contributed by atoms with van der Waals surface area (Å²) in [6, 6.07) is 46.2. The van der Waals surface area contributed by atoms with E-state index in [1.54, 1.807) is 0 Å². The Bertz CT molecular complexity index is 1390. The van der Waals surface area contributed by atoms with Crippen LogP contribution in [0.5, 0.6) is 0 Å². The third kappa shape index (κ3) is 2.92. The lowest BCUT2D eigenvalue weighted by molar-refractivity contribution is 1.05. The monoisotopic (exact) mass is 394 g/mol. The van der Waals surface area contributed by atoms with Crippen LogP contribution in [-0.4, -0.2) is 0 Å². The van der Waals surface area contributed by atoms with E-state index in [2.05, 4.69) is 127 Å². The average molecular weight is 395 g/mol. The topological polar surface area (TPSA) is 0 Å². The molecule has 1 aliphatic carbocycles. The summed E-state index contributed by atoms with van der Waals surface area (Å²) in [6.45, 7) is 0. The van der Waals surface area contributed by atoms with Crippen molar-refractivity contribution in [1.82, 2.24) is 0 Å². The first-order valence-corrected chi connectivity index (χ1v) is 10.8. The standard InChI is InChI=1S/C31H22/c1-4-12-23(13-5-1)29-26-20-10-18-22-19-11-21-27(28(22)26)30(24-14-6-2-7-15-24)31(29)25-16-8-3-9-17-25/h1-21,29H. The summed E-state index contributed by atoms with van der Waals surface area (Å²) in [4.78, 5) is 0. The molecule has 0 nitrogen and oxygen atoms in total. The SMILES string of the molecule is c1ccc(C2=C(c3ccccc3)C(c3ccccc3)c3cccc4cccc2c34)cc1. The van der Waals surface area contributed by atoms with Gasteiger partial charge in [0.15, 0.2) is 0 Å². The Morgan fingerprint density at radius 3 is 1.71 bits per heavy atom. The lowest BCUT2D eigenvalue weighted by atomic mass is 9.70.